The molecule has 4 rings (SSSR count). The van der Waals surface area contributed by atoms with Crippen LogP contribution < -0.4 is 4.31 Å². The number of anilines is 1. The molecular formula is C16H13BrN2O2S2. The molecule has 118 valence electrons. The Kier molecular flexibility index (Phi) is 3.48. The lowest BCUT2D eigenvalue weighted by molar-refractivity contribution is 0.594. The van der Waals surface area contributed by atoms with Crippen LogP contribution >= 0.6 is 27.3 Å². The molecule has 1 aliphatic heterocycles. The predicted molar refractivity (Wildman–Crippen MR) is 96.7 cm³/mol. The lowest BCUT2D eigenvalue weighted by atomic mass is 10.1. The number of hydrogen-bond donors (Lipinski definition) is 0. The molecule has 0 saturated carbocycles. The van der Waals surface area contributed by atoms with Gasteiger partial charge in [0, 0.05) is 11.9 Å². The van der Waals surface area contributed by atoms with Gasteiger partial charge >= 0.3 is 0 Å². The Hall–Kier alpha value is -1.44. The second kappa shape index (κ2) is 5.29. The molecule has 0 atom stereocenters. The van der Waals surface area contributed by atoms with Crippen molar-refractivity contribution in [1.29, 1.82) is 0 Å². The molecule has 0 fully saturated rings. The fourth-order valence-electron chi connectivity index (χ4n) is 2.82. The zero-order valence-corrected chi connectivity index (χ0v) is 15.5. The number of nitrogens with zero attached hydrogens (tertiary/aromatic N) is 2. The Morgan fingerprint density at radius 2 is 2.04 bits per heavy atom. The third kappa shape index (κ3) is 2.47. The van der Waals surface area contributed by atoms with Crippen LogP contribution in [0.5, 0.6) is 0 Å². The van der Waals surface area contributed by atoms with Gasteiger partial charge in [-0.15, -0.1) is 11.3 Å². The lowest BCUT2D eigenvalue weighted by Gasteiger charge is -2.17. The van der Waals surface area contributed by atoms with Gasteiger partial charge in [0.2, 0.25) is 0 Å². The third-order valence-corrected chi connectivity index (χ3v) is 7.82. The molecule has 7 heteroatoms. The Bertz CT molecular complexity index is 1030. The second-order valence-electron chi connectivity index (χ2n) is 5.55. The summed E-state index contributed by atoms with van der Waals surface area (Å²) < 4.78 is 28.4. The average molecular weight is 409 g/mol. The highest BCUT2D eigenvalue weighted by Gasteiger charge is 2.33. The zero-order valence-electron chi connectivity index (χ0n) is 12.3. The van der Waals surface area contributed by atoms with E-state index in [4.69, 9.17) is 0 Å². The lowest BCUT2D eigenvalue weighted by Crippen LogP contribution is -2.29. The van der Waals surface area contributed by atoms with E-state index in [9.17, 15) is 8.42 Å². The topological polar surface area (TPSA) is 50.3 Å². The normalized spacial score (nSPS) is 14.4. The summed E-state index contributed by atoms with van der Waals surface area (Å²) in [4.78, 5) is 4.64. The van der Waals surface area contributed by atoms with E-state index in [1.54, 1.807) is 12.1 Å². The number of fused-ring (bicyclic) bond motifs is 2. The molecule has 0 N–H and O–H groups in total. The van der Waals surface area contributed by atoms with Crippen LogP contribution in [0.2, 0.25) is 0 Å². The number of thiophene rings is 1. The first kappa shape index (κ1) is 15.1. The smallest absolute Gasteiger partial charge is 0.248 e. The highest BCUT2D eigenvalue weighted by atomic mass is 79.9. The van der Waals surface area contributed by atoms with Crippen LogP contribution in [0.3, 0.4) is 0 Å². The molecule has 0 saturated heterocycles. The summed E-state index contributed by atoms with van der Waals surface area (Å²) in [5, 5.41) is 1.05. The van der Waals surface area contributed by atoms with Crippen LogP contribution in [-0.2, 0) is 16.4 Å². The Balaban J connectivity index is 1.86. The van der Waals surface area contributed by atoms with Crippen molar-refractivity contribution < 1.29 is 8.42 Å². The number of rotatable bonds is 2. The molecule has 0 spiro atoms. The molecule has 23 heavy (non-hydrogen) atoms. The van der Waals surface area contributed by atoms with E-state index in [0.29, 0.717) is 23.0 Å². The van der Waals surface area contributed by atoms with E-state index in [-0.39, 0.29) is 0 Å². The fourth-order valence-corrected chi connectivity index (χ4v) is 6.39. The van der Waals surface area contributed by atoms with Gasteiger partial charge in [-0.1, -0.05) is 12.1 Å². The van der Waals surface area contributed by atoms with Gasteiger partial charge in [-0.25, -0.2) is 17.7 Å². The zero-order chi connectivity index (χ0) is 16.2. The van der Waals surface area contributed by atoms with Gasteiger partial charge in [0.25, 0.3) is 10.0 Å². The van der Waals surface area contributed by atoms with Gasteiger partial charge in [0.05, 0.1) is 9.30 Å². The van der Waals surface area contributed by atoms with Crippen molar-refractivity contribution in [2.75, 3.05) is 10.8 Å². The molecule has 2 aromatic heterocycles. The molecule has 4 nitrogen and oxygen atoms in total. The second-order valence-corrected chi connectivity index (χ2v) is 10.1. The minimum atomic E-state index is -3.55. The van der Waals surface area contributed by atoms with Crippen LogP contribution in [0.4, 0.5) is 5.82 Å². The summed E-state index contributed by atoms with van der Waals surface area (Å²) in [5.41, 5.74) is 2.93. The first-order chi connectivity index (χ1) is 10.9. The largest absolute Gasteiger partial charge is 0.275 e. The van der Waals surface area contributed by atoms with Crippen molar-refractivity contribution >= 4 is 54.0 Å². The van der Waals surface area contributed by atoms with E-state index in [1.807, 2.05) is 25.1 Å². The first-order valence-corrected chi connectivity index (χ1v) is 10.2. The summed E-state index contributed by atoms with van der Waals surface area (Å²) >= 11 is 4.55. The summed E-state index contributed by atoms with van der Waals surface area (Å²) in [5.74, 6) is 0.563. The molecular weight excluding hydrogens is 396 g/mol. The van der Waals surface area contributed by atoms with E-state index in [1.165, 1.54) is 15.6 Å². The van der Waals surface area contributed by atoms with Crippen LogP contribution in [-0.4, -0.2) is 19.9 Å². The SMILES string of the molecule is Cc1ccc2cc3c(nc2c1)N(S(=O)(=O)c1ccc(Br)s1)CC3. The monoisotopic (exact) mass is 408 g/mol. The maximum Gasteiger partial charge on any atom is 0.275 e. The van der Waals surface area contributed by atoms with Crippen LogP contribution in [0.1, 0.15) is 11.1 Å². The molecule has 3 aromatic rings. The number of hydrogen-bond acceptors (Lipinski definition) is 4. The Morgan fingerprint density at radius 1 is 1.22 bits per heavy atom. The van der Waals surface area contributed by atoms with E-state index < -0.39 is 10.0 Å². The van der Waals surface area contributed by atoms with Gasteiger partial charge in [-0.3, -0.25) is 0 Å². The van der Waals surface area contributed by atoms with E-state index in [2.05, 4.69) is 27.0 Å². The standard InChI is InChI=1S/C16H13BrN2O2S2/c1-10-2-3-11-9-12-6-7-19(16(12)18-13(11)8-10)23(20,21)15-5-4-14(17)22-15/h2-5,8-9H,6-7H2,1H3. The van der Waals surface area contributed by atoms with Crippen LogP contribution in [0.25, 0.3) is 10.9 Å². The van der Waals surface area contributed by atoms with Crippen molar-refractivity contribution in [2.45, 2.75) is 17.6 Å². The number of sulfonamides is 1. The van der Waals surface area contributed by atoms with Gasteiger partial charge in [0.15, 0.2) is 0 Å². The van der Waals surface area contributed by atoms with Gasteiger partial charge in [0.1, 0.15) is 10.0 Å². The molecule has 1 aromatic carbocycles. The van der Waals surface area contributed by atoms with Crippen molar-refractivity contribution in [1.82, 2.24) is 4.98 Å². The van der Waals surface area contributed by atoms with Crippen molar-refractivity contribution in [3.8, 4) is 0 Å². The number of pyridine rings is 1. The minimum Gasteiger partial charge on any atom is -0.248 e. The predicted octanol–water partition coefficient (Wildman–Crippen LogP) is 4.12. The summed E-state index contributed by atoms with van der Waals surface area (Å²) in [6, 6.07) is 11.5. The number of aryl methyl sites for hydroxylation is 1. The highest BCUT2D eigenvalue weighted by molar-refractivity contribution is 9.11. The van der Waals surface area contributed by atoms with E-state index in [0.717, 1.165) is 25.8 Å². The van der Waals surface area contributed by atoms with Crippen molar-refractivity contribution in [3.05, 3.63) is 51.3 Å². The molecule has 3 heterocycles. The molecule has 0 radical (unpaired) electrons. The maximum absolute atomic E-state index is 12.9. The molecule has 0 unspecified atom stereocenters. The van der Waals surface area contributed by atoms with Gasteiger partial charge in [-0.05, 0) is 64.7 Å². The minimum absolute atomic E-state index is 0.336. The quantitative estimate of drug-likeness (QED) is 0.640. The number of halogens is 1. The number of aromatic nitrogens is 1. The molecule has 1 aliphatic rings. The molecule has 0 bridgehead atoms. The summed E-state index contributed by atoms with van der Waals surface area (Å²) in [7, 11) is -3.55. The average Bonchev–Trinajstić information content (AvgIpc) is 3.11. The highest BCUT2D eigenvalue weighted by Crippen LogP contribution is 2.36. The third-order valence-electron chi connectivity index (χ3n) is 3.94. The van der Waals surface area contributed by atoms with E-state index >= 15 is 0 Å². The molecule has 0 amide bonds. The number of benzene rings is 1. The van der Waals surface area contributed by atoms with Crippen molar-refractivity contribution in [2.24, 2.45) is 0 Å². The molecule has 0 aliphatic carbocycles. The Labute approximate surface area is 147 Å². The van der Waals surface area contributed by atoms with Crippen LogP contribution in [0, 0.1) is 6.92 Å². The summed E-state index contributed by atoms with van der Waals surface area (Å²) in [6.07, 6.45) is 0.692. The van der Waals surface area contributed by atoms with Gasteiger partial charge < -0.3 is 0 Å². The summed E-state index contributed by atoms with van der Waals surface area (Å²) in [6.45, 7) is 2.45. The Morgan fingerprint density at radius 3 is 2.78 bits per heavy atom. The fraction of sp³-hybridized carbons (Fsp3) is 0.188. The maximum atomic E-state index is 12.9. The van der Waals surface area contributed by atoms with Gasteiger partial charge in [-0.2, -0.15) is 0 Å². The van der Waals surface area contributed by atoms with Crippen LogP contribution in [0.15, 0.2) is 44.4 Å². The van der Waals surface area contributed by atoms with Crippen molar-refractivity contribution in [3.63, 3.8) is 0 Å². The first-order valence-electron chi connectivity index (χ1n) is 7.13.